The summed E-state index contributed by atoms with van der Waals surface area (Å²) < 4.78 is 16.6. The average Bonchev–Trinajstić information content (AvgIpc) is 3.17. The van der Waals surface area contributed by atoms with E-state index in [2.05, 4.69) is 45.1 Å². The predicted octanol–water partition coefficient (Wildman–Crippen LogP) is 14.8. The molecule has 54 heavy (non-hydrogen) atoms. The fourth-order valence-corrected chi connectivity index (χ4v) is 6.62. The highest BCUT2D eigenvalue weighted by atomic mass is 16.6. The van der Waals surface area contributed by atoms with Crippen molar-refractivity contribution < 1.29 is 28.6 Å². The van der Waals surface area contributed by atoms with Gasteiger partial charge in [-0.3, -0.25) is 14.4 Å². The van der Waals surface area contributed by atoms with Crippen molar-refractivity contribution in [2.45, 2.75) is 252 Å². The fraction of sp³-hybridized carbons (Fsp3) is 0.854. The second-order valence-electron chi connectivity index (χ2n) is 15.7. The molecule has 0 aliphatic carbocycles. The van der Waals surface area contributed by atoms with Gasteiger partial charge in [0.15, 0.2) is 6.10 Å². The lowest BCUT2D eigenvalue weighted by Gasteiger charge is -2.18. The van der Waals surface area contributed by atoms with Gasteiger partial charge in [-0.1, -0.05) is 186 Å². The number of esters is 3. The first kappa shape index (κ1) is 51.9. The van der Waals surface area contributed by atoms with E-state index in [0.717, 1.165) is 57.8 Å². The molecule has 0 N–H and O–H groups in total. The third-order valence-electron chi connectivity index (χ3n) is 10.2. The van der Waals surface area contributed by atoms with Crippen LogP contribution >= 0.6 is 0 Å². The van der Waals surface area contributed by atoms with Crippen LogP contribution < -0.4 is 0 Å². The standard InChI is InChI=1S/C48H88O6/c1-4-7-10-13-16-19-21-22-23-24-25-26-27-30-32-35-38-41-47(50)53-44-45(43-52-46(49)40-37-34-31-28-18-15-12-9-6-3)54-48(51)42-39-36-33-29-20-17-14-11-8-5-2/h22-23,28,31,45H,4-21,24-27,29-30,32-44H2,1-3H3/b23-22-,31-28-. The molecule has 0 fully saturated rings. The van der Waals surface area contributed by atoms with Gasteiger partial charge in [0.25, 0.3) is 0 Å². The number of rotatable bonds is 42. The first-order valence-electron chi connectivity index (χ1n) is 23.3. The van der Waals surface area contributed by atoms with Crippen LogP contribution in [-0.4, -0.2) is 37.2 Å². The van der Waals surface area contributed by atoms with Crippen LogP contribution in [0.5, 0.6) is 0 Å². The van der Waals surface area contributed by atoms with Crippen molar-refractivity contribution in [2.24, 2.45) is 0 Å². The quantitative estimate of drug-likeness (QED) is 0.0267. The van der Waals surface area contributed by atoms with Crippen molar-refractivity contribution in [1.29, 1.82) is 0 Å². The molecule has 0 rings (SSSR count). The van der Waals surface area contributed by atoms with E-state index in [1.165, 1.54) is 148 Å². The normalized spacial score (nSPS) is 12.1. The second kappa shape index (κ2) is 43.6. The minimum absolute atomic E-state index is 0.0793. The first-order valence-corrected chi connectivity index (χ1v) is 23.3. The largest absolute Gasteiger partial charge is 0.462 e. The van der Waals surface area contributed by atoms with Gasteiger partial charge in [-0.15, -0.1) is 0 Å². The van der Waals surface area contributed by atoms with Crippen molar-refractivity contribution >= 4 is 17.9 Å². The molecule has 1 atom stereocenters. The molecule has 0 aliphatic heterocycles. The molecule has 0 aromatic rings. The van der Waals surface area contributed by atoms with Gasteiger partial charge < -0.3 is 14.2 Å². The summed E-state index contributed by atoms with van der Waals surface area (Å²) in [7, 11) is 0. The van der Waals surface area contributed by atoms with Gasteiger partial charge in [0.2, 0.25) is 0 Å². The minimum Gasteiger partial charge on any atom is -0.462 e. The number of hydrogen-bond acceptors (Lipinski definition) is 6. The molecule has 0 aliphatic rings. The predicted molar refractivity (Wildman–Crippen MR) is 229 cm³/mol. The number of carbonyl (C=O) groups excluding carboxylic acids is 3. The number of allylic oxidation sites excluding steroid dienone is 4. The number of carbonyl (C=O) groups is 3. The SMILES string of the molecule is CCCCCC/C=C\CCCC(=O)OCC(COC(=O)CCCCCCCCC/C=C\CCCCCCCC)OC(=O)CCCCCCCCCCCC. The zero-order chi connectivity index (χ0) is 39.4. The minimum atomic E-state index is -0.776. The van der Waals surface area contributed by atoms with Crippen LogP contribution in [0.1, 0.15) is 245 Å². The summed E-state index contributed by atoms with van der Waals surface area (Å²) in [6.45, 7) is 6.56. The molecule has 0 bridgehead atoms. The van der Waals surface area contributed by atoms with Crippen molar-refractivity contribution in [1.82, 2.24) is 0 Å². The lowest BCUT2D eigenvalue weighted by atomic mass is 10.1. The molecule has 0 aromatic heterocycles. The number of ether oxygens (including phenoxy) is 3. The van der Waals surface area contributed by atoms with Gasteiger partial charge in [0.1, 0.15) is 13.2 Å². The first-order chi connectivity index (χ1) is 26.5. The molecule has 0 radical (unpaired) electrons. The summed E-state index contributed by atoms with van der Waals surface area (Å²) in [5.74, 6) is -0.917. The lowest BCUT2D eigenvalue weighted by Crippen LogP contribution is -2.30. The zero-order valence-electron chi connectivity index (χ0n) is 36.0. The molecule has 0 aromatic carbocycles. The maximum absolute atomic E-state index is 12.7. The third kappa shape index (κ3) is 41.1. The van der Waals surface area contributed by atoms with Crippen LogP contribution in [-0.2, 0) is 28.6 Å². The van der Waals surface area contributed by atoms with Crippen LogP contribution in [0.3, 0.4) is 0 Å². The Labute approximate surface area is 334 Å². The number of hydrogen-bond donors (Lipinski definition) is 0. The second-order valence-corrected chi connectivity index (χ2v) is 15.7. The molecule has 316 valence electrons. The molecule has 0 spiro atoms. The summed E-state index contributed by atoms with van der Waals surface area (Å²) in [5.41, 5.74) is 0. The van der Waals surface area contributed by atoms with Gasteiger partial charge >= 0.3 is 17.9 Å². The Kier molecular flexibility index (Phi) is 41.9. The van der Waals surface area contributed by atoms with Gasteiger partial charge in [0, 0.05) is 19.3 Å². The van der Waals surface area contributed by atoms with Crippen molar-refractivity contribution in [3.05, 3.63) is 24.3 Å². The van der Waals surface area contributed by atoms with Crippen molar-refractivity contribution in [3.8, 4) is 0 Å². The maximum atomic E-state index is 12.7. The van der Waals surface area contributed by atoms with E-state index >= 15 is 0 Å². The topological polar surface area (TPSA) is 78.9 Å². The van der Waals surface area contributed by atoms with E-state index in [-0.39, 0.29) is 31.1 Å². The van der Waals surface area contributed by atoms with Gasteiger partial charge in [-0.2, -0.15) is 0 Å². The Morgan fingerprint density at radius 1 is 0.352 bits per heavy atom. The fourth-order valence-electron chi connectivity index (χ4n) is 6.62. The smallest absolute Gasteiger partial charge is 0.306 e. The summed E-state index contributed by atoms with van der Waals surface area (Å²) in [4.78, 5) is 37.6. The van der Waals surface area contributed by atoms with E-state index < -0.39 is 6.10 Å². The lowest BCUT2D eigenvalue weighted by molar-refractivity contribution is -0.167. The molecule has 6 heteroatoms. The van der Waals surface area contributed by atoms with Crippen LogP contribution in [0.4, 0.5) is 0 Å². The van der Waals surface area contributed by atoms with Crippen LogP contribution in [0.15, 0.2) is 24.3 Å². The Balaban J connectivity index is 4.30. The molecule has 0 saturated carbocycles. The molecule has 0 saturated heterocycles. The van der Waals surface area contributed by atoms with Gasteiger partial charge in [-0.05, 0) is 64.2 Å². The van der Waals surface area contributed by atoms with Crippen LogP contribution in [0.25, 0.3) is 0 Å². The van der Waals surface area contributed by atoms with E-state index in [1.807, 2.05) is 0 Å². The molecular weight excluding hydrogens is 673 g/mol. The Morgan fingerprint density at radius 2 is 0.630 bits per heavy atom. The van der Waals surface area contributed by atoms with Crippen molar-refractivity contribution in [2.75, 3.05) is 13.2 Å². The summed E-state index contributed by atoms with van der Waals surface area (Å²) >= 11 is 0. The zero-order valence-corrected chi connectivity index (χ0v) is 36.0. The Bertz CT molecular complexity index is 880. The monoisotopic (exact) mass is 761 g/mol. The molecule has 0 amide bonds. The summed E-state index contributed by atoms with van der Waals surface area (Å²) in [5, 5.41) is 0. The van der Waals surface area contributed by atoms with Gasteiger partial charge in [0.05, 0.1) is 0 Å². The Hall–Kier alpha value is -2.11. The summed E-state index contributed by atoms with van der Waals surface area (Å²) in [6, 6.07) is 0. The maximum Gasteiger partial charge on any atom is 0.306 e. The molecule has 1 unspecified atom stereocenters. The number of unbranched alkanes of at least 4 members (excludes halogenated alkanes) is 27. The Morgan fingerprint density at radius 3 is 1.02 bits per heavy atom. The third-order valence-corrected chi connectivity index (χ3v) is 10.2. The van der Waals surface area contributed by atoms with E-state index in [0.29, 0.717) is 19.3 Å². The highest BCUT2D eigenvalue weighted by molar-refractivity contribution is 5.71. The highest BCUT2D eigenvalue weighted by Crippen LogP contribution is 2.14. The van der Waals surface area contributed by atoms with E-state index in [9.17, 15) is 14.4 Å². The van der Waals surface area contributed by atoms with Gasteiger partial charge in [-0.25, -0.2) is 0 Å². The van der Waals surface area contributed by atoms with Crippen LogP contribution in [0.2, 0.25) is 0 Å². The molecule has 6 nitrogen and oxygen atoms in total. The van der Waals surface area contributed by atoms with E-state index in [4.69, 9.17) is 14.2 Å². The summed E-state index contributed by atoms with van der Waals surface area (Å²) in [6.07, 6.45) is 47.4. The van der Waals surface area contributed by atoms with Crippen LogP contribution in [0, 0.1) is 0 Å². The average molecular weight is 761 g/mol. The molecule has 0 heterocycles. The molecular formula is C48H88O6. The highest BCUT2D eigenvalue weighted by Gasteiger charge is 2.19. The van der Waals surface area contributed by atoms with E-state index in [1.54, 1.807) is 0 Å². The van der Waals surface area contributed by atoms with Crippen molar-refractivity contribution in [3.63, 3.8) is 0 Å².